The number of carboxylic acids is 1. The van der Waals surface area contributed by atoms with Gasteiger partial charge in [-0.25, -0.2) is 4.79 Å². The van der Waals surface area contributed by atoms with Crippen molar-refractivity contribution in [2.45, 2.75) is 31.9 Å². The van der Waals surface area contributed by atoms with Crippen molar-refractivity contribution >= 4 is 11.9 Å². The lowest BCUT2D eigenvalue weighted by atomic mass is 10.0. The first-order valence-corrected chi connectivity index (χ1v) is 12.4. The molecule has 0 unspecified atom stereocenters. The molecule has 0 aliphatic rings. The number of hydrogen-bond donors (Lipinski definition) is 2. The van der Waals surface area contributed by atoms with Crippen LogP contribution in [0.3, 0.4) is 0 Å². The molecule has 1 amide bonds. The van der Waals surface area contributed by atoms with Crippen molar-refractivity contribution in [2.24, 2.45) is 0 Å². The van der Waals surface area contributed by atoms with Crippen LogP contribution in [-0.4, -0.2) is 23.0 Å². The van der Waals surface area contributed by atoms with Crippen molar-refractivity contribution in [3.8, 4) is 11.5 Å². The van der Waals surface area contributed by atoms with Gasteiger partial charge in [-0.3, -0.25) is 4.79 Å². The zero-order valence-electron chi connectivity index (χ0n) is 21.2. The van der Waals surface area contributed by atoms with Crippen LogP contribution in [0.4, 0.5) is 13.2 Å². The summed E-state index contributed by atoms with van der Waals surface area (Å²) in [5.41, 5.74) is 1.44. The molecule has 0 radical (unpaired) electrons. The number of ether oxygens (including phenoxy) is 2. The third kappa shape index (κ3) is 7.86. The van der Waals surface area contributed by atoms with Crippen molar-refractivity contribution < 1.29 is 37.3 Å². The van der Waals surface area contributed by atoms with E-state index < -0.39 is 29.7 Å². The van der Waals surface area contributed by atoms with Gasteiger partial charge in [-0.1, -0.05) is 66.7 Å². The number of nitrogens with one attached hydrogen (secondary N) is 1. The highest BCUT2D eigenvalue weighted by Crippen LogP contribution is 2.31. The van der Waals surface area contributed by atoms with E-state index in [4.69, 9.17) is 9.47 Å². The molecule has 0 aliphatic carbocycles. The van der Waals surface area contributed by atoms with Crippen LogP contribution in [0.1, 0.15) is 32.6 Å². The molecule has 2 N–H and O–H groups in total. The number of benzene rings is 4. The summed E-state index contributed by atoms with van der Waals surface area (Å²) in [5, 5.41) is 12.1. The molecule has 0 aromatic heterocycles. The molecule has 206 valence electrons. The fraction of sp³-hybridized carbons (Fsp3) is 0.161. The second-order valence-corrected chi connectivity index (χ2v) is 8.97. The minimum Gasteiger partial charge on any atom is -0.485 e. The van der Waals surface area contributed by atoms with Gasteiger partial charge in [0.25, 0.3) is 5.91 Å². The molecule has 4 aromatic carbocycles. The van der Waals surface area contributed by atoms with Gasteiger partial charge >= 0.3 is 12.1 Å². The van der Waals surface area contributed by atoms with Crippen molar-refractivity contribution in [3.05, 3.63) is 131 Å². The summed E-state index contributed by atoms with van der Waals surface area (Å²) >= 11 is 0. The molecule has 4 aromatic rings. The van der Waals surface area contributed by atoms with E-state index >= 15 is 0 Å². The number of aliphatic carboxylic acids is 1. The molecule has 0 bridgehead atoms. The van der Waals surface area contributed by atoms with E-state index in [0.717, 1.165) is 35.4 Å². The highest BCUT2D eigenvalue weighted by Gasteiger charge is 2.30. The van der Waals surface area contributed by atoms with Gasteiger partial charge < -0.3 is 19.9 Å². The second-order valence-electron chi connectivity index (χ2n) is 8.97. The first-order valence-electron chi connectivity index (χ1n) is 12.4. The maximum atomic E-state index is 12.8. The molecule has 0 aliphatic heterocycles. The van der Waals surface area contributed by atoms with Crippen LogP contribution < -0.4 is 14.8 Å². The summed E-state index contributed by atoms with van der Waals surface area (Å²) in [5.74, 6) is -1.24. The van der Waals surface area contributed by atoms with Crippen molar-refractivity contribution in [1.82, 2.24) is 5.32 Å². The maximum Gasteiger partial charge on any atom is 0.416 e. The zero-order chi connectivity index (χ0) is 28.5. The molecule has 0 saturated heterocycles. The molecule has 4 rings (SSSR count). The molecule has 1 atom stereocenters. The van der Waals surface area contributed by atoms with Gasteiger partial charge in [-0.15, -0.1) is 0 Å². The Labute approximate surface area is 229 Å². The highest BCUT2D eigenvalue weighted by molar-refractivity contribution is 5.96. The fourth-order valence-corrected chi connectivity index (χ4v) is 3.87. The third-order valence-electron chi connectivity index (χ3n) is 6.00. The van der Waals surface area contributed by atoms with Crippen LogP contribution in [0, 0.1) is 0 Å². The Hall–Kier alpha value is -4.79. The molecular formula is C31H26F3NO5. The summed E-state index contributed by atoms with van der Waals surface area (Å²) in [6.07, 6.45) is -4.64. The average Bonchev–Trinajstić information content (AvgIpc) is 2.95. The largest absolute Gasteiger partial charge is 0.485 e. The Bertz CT molecular complexity index is 1430. The standard InChI is InChI=1S/C31H26F3NO5/c32-31(33,34)25-14-12-24(13-15-25)29(36)35-26(30(37)38)17-23-11-16-27(39-19-21-7-3-1-4-8-21)28(18-23)40-20-22-9-5-2-6-10-22/h1-16,18,26H,17,19-20H2,(H,35,36)(H,37,38)/t26-/m1/s1. The summed E-state index contributed by atoms with van der Waals surface area (Å²) in [7, 11) is 0. The summed E-state index contributed by atoms with van der Waals surface area (Å²) in [4.78, 5) is 24.6. The molecule has 0 fully saturated rings. The second kappa shape index (κ2) is 12.8. The van der Waals surface area contributed by atoms with E-state index in [1.165, 1.54) is 0 Å². The van der Waals surface area contributed by atoms with Crippen LogP contribution in [-0.2, 0) is 30.6 Å². The molecule has 0 heterocycles. The summed E-state index contributed by atoms with van der Waals surface area (Å²) in [6.45, 7) is 0.543. The molecular weight excluding hydrogens is 523 g/mol. The number of carboxylic acid groups (broad SMARTS) is 1. The number of hydrogen-bond acceptors (Lipinski definition) is 4. The van der Waals surface area contributed by atoms with Crippen LogP contribution in [0.25, 0.3) is 0 Å². The molecule has 0 spiro atoms. The number of alkyl halides is 3. The number of halogens is 3. The minimum absolute atomic E-state index is 0.0872. The number of carbonyl (C=O) groups excluding carboxylic acids is 1. The predicted octanol–water partition coefficient (Wildman–Crippen LogP) is 6.29. The van der Waals surface area contributed by atoms with E-state index in [9.17, 15) is 27.9 Å². The van der Waals surface area contributed by atoms with Gasteiger partial charge in [0, 0.05) is 12.0 Å². The Morgan fingerprint density at radius 1 is 0.725 bits per heavy atom. The SMILES string of the molecule is O=C(N[C@H](Cc1ccc(OCc2ccccc2)c(OCc2ccccc2)c1)C(=O)O)c1ccc(C(F)(F)F)cc1. The Kier molecular flexibility index (Phi) is 9.06. The number of carbonyl (C=O) groups is 2. The van der Waals surface area contributed by atoms with Crippen LogP contribution in [0.15, 0.2) is 103 Å². The lowest BCUT2D eigenvalue weighted by Gasteiger charge is -2.18. The minimum atomic E-state index is -4.55. The Morgan fingerprint density at radius 2 is 1.27 bits per heavy atom. The van der Waals surface area contributed by atoms with Crippen molar-refractivity contribution in [2.75, 3.05) is 0 Å². The summed E-state index contributed by atoms with van der Waals surface area (Å²) < 4.78 is 50.5. The zero-order valence-corrected chi connectivity index (χ0v) is 21.2. The van der Waals surface area contributed by atoms with Gasteiger partial charge in [0.2, 0.25) is 0 Å². The number of amides is 1. The van der Waals surface area contributed by atoms with E-state index in [0.29, 0.717) is 23.7 Å². The topological polar surface area (TPSA) is 84.9 Å². The van der Waals surface area contributed by atoms with Crippen LogP contribution in [0.5, 0.6) is 11.5 Å². The lowest BCUT2D eigenvalue weighted by molar-refractivity contribution is -0.139. The Morgan fingerprint density at radius 3 is 1.80 bits per heavy atom. The van der Waals surface area contributed by atoms with Gasteiger partial charge in [-0.05, 0) is 53.1 Å². The van der Waals surface area contributed by atoms with E-state index in [1.807, 2.05) is 60.7 Å². The van der Waals surface area contributed by atoms with Gasteiger partial charge in [0.15, 0.2) is 11.5 Å². The first-order chi connectivity index (χ1) is 19.2. The fourth-order valence-electron chi connectivity index (χ4n) is 3.87. The highest BCUT2D eigenvalue weighted by atomic mass is 19.4. The lowest BCUT2D eigenvalue weighted by Crippen LogP contribution is -2.42. The Balaban J connectivity index is 1.50. The van der Waals surface area contributed by atoms with E-state index in [1.54, 1.807) is 18.2 Å². The van der Waals surface area contributed by atoms with Crippen LogP contribution >= 0.6 is 0 Å². The van der Waals surface area contributed by atoms with Crippen molar-refractivity contribution in [3.63, 3.8) is 0 Å². The number of rotatable bonds is 11. The van der Waals surface area contributed by atoms with Gasteiger partial charge in [-0.2, -0.15) is 13.2 Å². The molecule has 6 nitrogen and oxygen atoms in total. The normalized spacial score (nSPS) is 11.9. The van der Waals surface area contributed by atoms with E-state index in [-0.39, 0.29) is 18.6 Å². The van der Waals surface area contributed by atoms with E-state index in [2.05, 4.69) is 5.32 Å². The smallest absolute Gasteiger partial charge is 0.416 e. The molecule has 40 heavy (non-hydrogen) atoms. The van der Waals surface area contributed by atoms with Gasteiger partial charge in [0.05, 0.1) is 5.56 Å². The molecule has 0 saturated carbocycles. The van der Waals surface area contributed by atoms with Gasteiger partial charge in [0.1, 0.15) is 19.3 Å². The summed E-state index contributed by atoms with van der Waals surface area (Å²) in [6, 6.07) is 26.3. The van der Waals surface area contributed by atoms with Crippen molar-refractivity contribution in [1.29, 1.82) is 0 Å². The quantitative estimate of drug-likeness (QED) is 0.230. The predicted molar refractivity (Wildman–Crippen MR) is 142 cm³/mol. The maximum absolute atomic E-state index is 12.8. The average molecular weight is 550 g/mol. The monoisotopic (exact) mass is 549 g/mol. The molecule has 9 heteroatoms. The first kappa shape index (κ1) is 28.2. The van der Waals surface area contributed by atoms with Crippen LogP contribution in [0.2, 0.25) is 0 Å². The third-order valence-corrected chi connectivity index (χ3v) is 6.00.